The van der Waals surface area contributed by atoms with Gasteiger partial charge in [-0.25, -0.2) is 0 Å². The molecule has 2 rings (SSSR count). The average Bonchev–Trinajstić information content (AvgIpc) is 2.90. The van der Waals surface area contributed by atoms with Crippen LogP contribution < -0.4 is 5.73 Å². The second-order valence-electron chi connectivity index (χ2n) is 4.35. The molecular weight excluding hydrogens is 226 g/mol. The van der Waals surface area contributed by atoms with Crippen molar-refractivity contribution in [3.05, 3.63) is 35.7 Å². The van der Waals surface area contributed by atoms with Crippen LogP contribution in [-0.2, 0) is 6.42 Å². The van der Waals surface area contributed by atoms with Crippen LogP contribution in [0.25, 0.3) is 11.4 Å². The lowest BCUT2D eigenvalue weighted by molar-refractivity contribution is 0.351. The molecule has 18 heavy (non-hydrogen) atoms. The fourth-order valence-electron chi connectivity index (χ4n) is 1.85. The van der Waals surface area contributed by atoms with Crippen molar-refractivity contribution in [2.75, 3.05) is 6.54 Å². The van der Waals surface area contributed by atoms with Crippen LogP contribution in [0.2, 0.25) is 0 Å². The summed E-state index contributed by atoms with van der Waals surface area (Å²) in [4.78, 5) is 4.42. The Morgan fingerprint density at radius 1 is 1.22 bits per heavy atom. The quantitative estimate of drug-likeness (QED) is 0.879. The SMILES string of the molecule is CCc1ccc(-c2noc(C(CC)CN)n2)cc1. The smallest absolute Gasteiger partial charge is 0.231 e. The molecule has 1 heterocycles. The standard InChI is InChI=1S/C14H19N3O/c1-3-10-5-7-12(8-6-10)13-16-14(18-17-13)11(4-2)9-15/h5-8,11H,3-4,9,15H2,1-2H3. The summed E-state index contributed by atoms with van der Waals surface area (Å²) >= 11 is 0. The predicted octanol–water partition coefficient (Wildman–Crippen LogP) is 2.75. The number of hydrogen-bond donors (Lipinski definition) is 1. The van der Waals surface area contributed by atoms with E-state index in [1.807, 2.05) is 12.1 Å². The molecule has 2 N–H and O–H groups in total. The molecule has 1 unspecified atom stereocenters. The van der Waals surface area contributed by atoms with Crippen LogP contribution in [0.1, 0.15) is 37.6 Å². The Morgan fingerprint density at radius 3 is 2.50 bits per heavy atom. The van der Waals surface area contributed by atoms with E-state index in [0.717, 1.165) is 18.4 Å². The monoisotopic (exact) mass is 245 g/mol. The largest absolute Gasteiger partial charge is 0.339 e. The summed E-state index contributed by atoms with van der Waals surface area (Å²) in [7, 11) is 0. The van der Waals surface area contributed by atoms with E-state index < -0.39 is 0 Å². The van der Waals surface area contributed by atoms with Gasteiger partial charge in [0, 0.05) is 12.1 Å². The Hall–Kier alpha value is -1.68. The van der Waals surface area contributed by atoms with Crippen molar-refractivity contribution in [3.8, 4) is 11.4 Å². The topological polar surface area (TPSA) is 64.9 Å². The Balaban J connectivity index is 2.23. The van der Waals surface area contributed by atoms with E-state index in [-0.39, 0.29) is 5.92 Å². The lowest BCUT2D eigenvalue weighted by Crippen LogP contribution is -2.11. The minimum Gasteiger partial charge on any atom is -0.339 e. The van der Waals surface area contributed by atoms with E-state index in [4.69, 9.17) is 10.3 Å². The first-order chi connectivity index (χ1) is 8.78. The first-order valence-electron chi connectivity index (χ1n) is 6.41. The maximum atomic E-state index is 5.67. The molecule has 1 aromatic heterocycles. The van der Waals surface area contributed by atoms with Gasteiger partial charge in [0.25, 0.3) is 0 Å². The van der Waals surface area contributed by atoms with Crippen molar-refractivity contribution in [2.24, 2.45) is 5.73 Å². The number of hydrogen-bond acceptors (Lipinski definition) is 4. The molecule has 0 amide bonds. The van der Waals surface area contributed by atoms with E-state index >= 15 is 0 Å². The molecule has 2 aromatic rings. The van der Waals surface area contributed by atoms with Crippen molar-refractivity contribution in [1.82, 2.24) is 10.1 Å². The van der Waals surface area contributed by atoms with Crippen molar-refractivity contribution in [3.63, 3.8) is 0 Å². The van der Waals surface area contributed by atoms with Gasteiger partial charge < -0.3 is 10.3 Å². The lowest BCUT2D eigenvalue weighted by atomic mass is 10.1. The lowest BCUT2D eigenvalue weighted by Gasteiger charge is -2.04. The highest BCUT2D eigenvalue weighted by atomic mass is 16.5. The van der Waals surface area contributed by atoms with Gasteiger partial charge in [-0.05, 0) is 18.4 Å². The molecule has 0 spiro atoms. The van der Waals surface area contributed by atoms with Crippen molar-refractivity contribution < 1.29 is 4.52 Å². The van der Waals surface area contributed by atoms with Gasteiger partial charge in [0.2, 0.25) is 11.7 Å². The van der Waals surface area contributed by atoms with Gasteiger partial charge in [-0.1, -0.05) is 43.3 Å². The third-order valence-corrected chi connectivity index (χ3v) is 3.19. The predicted molar refractivity (Wildman–Crippen MR) is 71.2 cm³/mol. The van der Waals surface area contributed by atoms with Gasteiger partial charge >= 0.3 is 0 Å². The maximum absolute atomic E-state index is 5.67. The fourth-order valence-corrected chi connectivity index (χ4v) is 1.85. The Bertz CT molecular complexity index is 486. The highest BCUT2D eigenvalue weighted by Gasteiger charge is 2.16. The van der Waals surface area contributed by atoms with E-state index in [2.05, 4.69) is 36.1 Å². The minimum absolute atomic E-state index is 0.154. The van der Waals surface area contributed by atoms with Crippen LogP contribution in [-0.4, -0.2) is 16.7 Å². The summed E-state index contributed by atoms with van der Waals surface area (Å²) in [6.45, 7) is 4.74. The number of aryl methyl sites for hydroxylation is 1. The zero-order chi connectivity index (χ0) is 13.0. The summed E-state index contributed by atoms with van der Waals surface area (Å²) < 4.78 is 5.28. The fraction of sp³-hybridized carbons (Fsp3) is 0.429. The molecule has 96 valence electrons. The Labute approximate surface area is 107 Å². The third-order valence-electron chi connectivity index (χ3n) is 3.19. The van der Waals surface area contributed by atoms with Crippen LogP contribution >= 0.6 is 0 Å². The molecule has 0 saturated heterocycles. The van der Waals surface area contributed by atoms with Crippen LogP contribution in [0.5, 0.6) is 0 Å². The molecule has 0 radical (unpaired) electrons. The molecule has 0 aliphatic carbocycles. The minimum atomic E-state index is 0.154. The normalized spacial score (nSPS) is 12.6. The maximum Gasteiger partial charge on any atom is 0.231 e. The van der Waals surface area contributed by atoms with E-state index in [0.29, 0.717) is 18.3 Å². The highest BCUT2D eigenvalue weighted by Crippen LogP contribution is 2.21. The third kappa shape index (κ3) is 2.59. The van der Waals surface area contributed by atoms with E-state index in [1.165, 1.54) is 5.56 Å². The molecule has 4 heteroatoms. The summed E-state index contributed by atoms with van der Waals surface area (Å²) in [6.07, 6.45) is 1.94. The van der Waals surface area contributed by atoms with Gasteiger partial charge in [0.1, 0.15) is 0 Å². The van der Waals surface area contributed by atoms with Gasteiger partial charge in [0.05, 0.1) is 5.92 Å². The molecule has 0 fully saturated rings. The summed E-state index contributed by atoms with van der Waals surface area (Å²) in [6, 6.07) is 8.23. The number of nitrogens with zero attached hydrogens (tertiary/aromatic N) is 2. The van der Waals surface area contributed by atoms with E-state index in [1.54, 1.807) is 0 Å². The van der Waals surface area contributed by atoms with Gasteiger partial charge in [-0.15, -0.1) is 0 Å². The van der Waals surface area contributed by atoms with Crippen molar-refractivity contribution >= 4 is 0 Å². The van der Waals surface area contributed by atoms with Crippen LogP contribution in [0.3, 0.4) is 0 Å². The van der Waals surface area contributed by atoms with Crippen molar-refractivity contribution in [1.29, 1.82) is 0 Å². The van der Waals surface area contributed by atoms with Gasteiger partial charge in [0.15, 0.2) is 0 Å². The summed E-state index contributed by atoms with van der Waals surface area (Å²) in [5.41, 5.74) is 7.96. The average molecular weight is 245 g/mol. The van der Waals surface area contributed by atoms with Crippen molar-refractivity contribution in [2.45, 2.75) is 32.6 Å². The van der Waals surface area contributed by atoms with Crippen LogP contribution in [0.15, 0.2) is 28.8 Å². The highest BCUT2D eigenvalue weighted by molar-refractivity contribution is 5.54. The molecule has 0 saturated carbocycles. The molecule has 0 aliphatic heterocycles. The van der Waals surface area contributed by atoms with Gasteiger partial charge in [-0.3, -0.25) is 0 Å². The molecular formula is C14H19N3O. The number of nitrogens with two attached hydrogens (primary N) is 1. The second-order valence-corrected chi connectivity index (χ2v) is 4.35. The first kappa shape index (κ1) is 12.8. The molecule has 4 nitrogen and oxygen atoms in total. The van der Waals surface area contributed by atoms with E-state index in [9.17, 15) is 0 Å². The Kier molecular flexibility index (Phi) is 4.10. The number of rotatable bonds is 5. The summed E-state index contributed by atoms with van der Waals surface area (Å²) in [5, 5.41) is 4.02. The number of benzene rings is 1. The first-order valence-corrected chi connectivity index (χ1v) is 6.41. The number of aromatic nitrogens is 2. The zero-order valence-corrected chi connectivity index (χ0v) is 10.9. The molecule has 0 aliphatic rings. The zero-order valence-electron chi connectivity index (χ0n) is 10.9. The van der Waals surface area contributed by atoms with Gasteiger partial charge in [-0.2, -0.15) is 4.98 Å². The molecule has 0 bridgehead atoms. The summed E-state index contributed by atoms with van der Waals surface area (Å²) in [5.74, 6) is 1.43. The van der Waals surface area contributed by atoms with Crippen LogP contribution in [0.4, 0.5) is 0 Å². The van der Waals surface area contributed by atoms with Crippen LogP contribution in [0, 0.1) is 0 Å². The Morgan fingerprint density at radius 2 is 1.94 bits per heavy atom. The second kappa shape index (κ2) is 5.78. The molecule has 1 atom stereocenters. The molecule has 1 aromatic carbocycles.